The Morgan fingerprint density at radius 1 is 1.56 bits per heavy atom. The first-order valence-electron chi connectivity index (χ1n) is 4.37. The van der Waals surface area contributed by atoms with Gasteiger partial charge < -0.3 is 10.1 Å². The molecule has 1 aromatic carbocycles. The molecule has 0 aliphatic rings. The molecule has 2 rings (SSSR count). The Kier molecular flexibility index (Phi) is 2.08. The summed E-state index contributed by atoms with van der Waals surface area (Å²) in [6.07, 6.45) is 0. The Morgan fingerprint density at radius 3 is 2.81 bits per heavy atom. The van der Waals surface area contributed by atoms with Crippen molar-refractivity contribution in [3.63, 3.8) is 0 Å². The van der Waals surface area contributed by atoms with Crippen LogP contribution in [0, 0.1) is 17.0 Å². The van der Waals surface area contributed by atoms with Crippen molar-refractivity contribution in [3.05, 3.63) is 33.6 Å². The third kappa shape index (κ3) is 1.38. The van der Waals surface area contributed by atoms with Crippen molar-refractivity contribution in [2.45, 2.75) is 6.92 Å². The normalized spacial score (nSPS) is 10.6. The molecular formula is C9H7N3O4. The summed E-state index contributed by atoms with van der Waals surface area (Å²) in [5, 5.41) is 19.4. The van der Waals surface area contributed by atoms with Gasteiger partial charge in [0.2, 0.25) is 5.82 Å². The Hall–Kier alpha value is -2.44. The van der Waals surface area contributed by atoms with Crippen molar-refractivity contribution in [1.82, 2.24) is 9.97 Å². The molecule has 2 aromatic rings. The first-order valence-corrected chi connectivity index (χ1v) is 4.37. The van der Waals surface area contributed by atoms with Gasteiger partial charge in [-0.2, -0.15) is 0 Å². The minimum absolute atomic E-state index is 0.0732. The van der Waals surface area contributed by atoms with E-state index in [9.17, 15) is 14.9 Å². The molecule has 0 atom stereocenters. The van der Waals surface area contributed by atoms with E-state index in [1.807, 2.05) is 0 Å². The molecule has 0 unspecified atom stereocenters. The lowest BCUT2D eigenvalue weighted by Gasteiger charge is -1.96. The summed E-state index contributed by atoms with van der Waals surface area (Å²) in [6, 6.07) is 2.77. The zero-order chi connectivity index (χ0) is 11.9. The van der Waals surface area contributed by atoms with Gasteiger partial charge in [0, 0.05) is 6.07 Å². The van der Waals surface area contributed by atoms with E-state index in [1.165, 1.54) is 19.1 Å². The van der Waals surface area contributed by atoms with Crippen molar-refractivity contribution in [1.29, 1.82) is 0 Å². The Bertz CT molecular complexity index is 602. The average molecular weight is 221 g/mol. The number of aryl methyl sites for hydroxylation is 1. The van der Waals surface area contributed by atoms with Crippen LogP contribution in [0.5, 0.6) is 0 Å². The van der Waals surface area contributed by atoms with E-state index in [4.69, 9.17) is 5.11 Å². The summed E-state index contributed by atoms with van der Waals surface area (Å²) < 4.78 is 0. The Morgan fingerprint density at radius 2 is 2.25 bits per heavy atom. The fraction of sp³-hybridized carbons (Fsp3) is 0.111. The Balaban J connectivity index is 2.74. The SMILES string of the molecule is Cc1c([N+](=O)[O-])ccc2[nH]c(C(=O)O)nc12. The lowest BCUT2D eigenvalue weighted by molar-refractivity contribution is -0.385. The third-order valence-electron chi connectivity index (χ3n) is 2.28. The quantitative estimate of drug-likeness (QED) is 0.589. The summed E-state index contributed by atoms with van der Waals surface area (Å²) in [5.41, 5.74) is 1.06. The topological polar surface area (TPSA) is 109 Å². The Labute approximate surface area is 88.9 Å². The molecule has 0 aliphatic heterocycles. The van der Waals surface area contributed by atoms with Gasteiger partial charge in [0.15, 0.2) is 0 Å². The molecule has 1 heterocycles. The fourth-order valence-corrected chi connectivity index (χ4v) is 1.50. The number of nitrogens with zero attached hydrogens (tertiary/aromatic N) is 2. The number of H-pyrrole nitrogens is 1. The number of carboxylic acid groups (broad SMARTS) is 1. The maximum absolute atomic E-state index is 10.7. The predicted octanol–water partition coefficient (Wildman–Crippen LogP) is 1.48. The van der Waals surface area contributed by atoms with Gasteiger partial charge in [0.05, 0.1) is 21.5 Å². The lowest BCUT2D eigenvalue weighted by Crippen LogP contribution is -1.98. The van der Waals surface area contributed by atoms with E-state index in [-0.39, 0.29) is 11.5 Å². The van der Waals surface area contributed by atoms with Gasteiger partial charge in [-0.1, -0.05) is 0 Å². The number of carboxylic acids is 1. The first kappa shape index (κ1) is 10.1. The second-order valence-corrected chi connectivity index (χ2v) is 3.25. The zero-order valence-corrected chi connectivity index (χ0v) is 8.22. The number of aromatic carboxylic acids is 1. The number of rotatable bonds is 2. The van der Waals surface area contributed by atoms with Gasteiger partial charge in [0.1, 0.15) is 0 Å². The van der Waals surface area contributed by atoms with E-state index in [0.29, 0.717) is 16.6 Å². The number of nitrogens with one attached hydrogen (secondary N) is 1. The van der Waals surface area contributed by atoms with Crippen LogP contribution >= 0.6 is 0 Å². The number of nitro benzene ring substituents is 1. The molecule has 0 fully saturated rings. The highest BCUT2D eigenvalue weighted by Crippen LogP contribution is 2.25. The highest BCUT2D eigenvalue weighted by molar-refractivity contribution is 5.91. The minimum atomic E-state index is -1.20. The van der Waals surface area contributed by atoms with Crippen LogP contribution in [0.25, 0.3) is 11.0 Å². The van der Waals surface area contributed by atoms with Crippen LogP contribution in [0.1, 0.15) is 16.2 Å². The van der Waals surface area contributed by atoms with Crippen LogP contribution in [0.15, 0.2) is 12.1 Å². The van der Waals surface area contributed by atoms with Crippen LogP contribution in [-0.4, -0.2) is 26.0 Å². The number of hydrogen-bond acceptors (Lipinski definition) is 4. The van der Waals surface area contributed by atoms with Gasteiger partial charge in [-0.25, -0.2) is 9.78 Å². The highest BCUT2D eigenvalue weighted by atomic mass is 16.6. The van der Waals surface area contributed by atoms with Crippen molar-refractivity contribution >= 4 is 22.7 Å². The second-order valence-electron chi connectivity index (χ2n) is 3.25. The molecule has 7 nitrogen and oxygen atoms in total. The first-order chi connectivity index (χ1) is 7.50. The molecule has 0 saturated carbocycles. The summed E-state index contributed by atoms with van der Waals surface area (Å²) >= 11 is 0. The van der Waals surface area contributed by atoms with Gasteiger partial charge in [0.25, 0.3) is 5.69 Å². The van der Waals surface area contributed by atoms with Crippen molar-refractivity contribution < 1.29 is 14.8 Å². The number of nitro groups is 1. The van der Waals surface area contributed by atoms with E-state index in [1.54, 1.807) is 0 Å². The maximum Gasteiger partial charge on any atom is 0.371 e. The van der Waals surface area contributed by atoms with Gasteiger partial charge in [-0.15, -0.1) is 0 Å². The molecule has 7 heteroatoms. The van der Waals surface area contributed by atoms with Gasteiger partial charge >= 0.3 is 5.97 Å². The number of fused-ring (bicyclic) bond motifs is 1. The number of imidazole rings is 1. The molecule has 0 spiro atoms. The molecule has 16 heavy (non-hydrogen) atoms. The number of aromatic nitrogens is 2. The van der Waals surface area contributed by atoms with Crippen LogP contribution in [-0.2, 0) is 0 Å². The average Bonchev–Trinajstić information content (AvgIpc) is 2.62. The van der Waals surface area contributed by atoms with Crippen LogP contribution in [0.4, 0.5) is 5.69 Å². The summed E-state index contributed by atoms with van der Waals surface area (Å²) in [4.78, 5) is 27.2. The summed E-state index contributed by atoms with van der Waals surface area (Å²) in [7, 11) is 0. The van der Waals surface area contributed by atoms with E-state index in [2.05, 4.69) is 9.97 Å². The number of hydrogen-bond donors (Lipinski definition) is 2. The smallest absolute Gasteiger partial charge is 0.371 e. The monoisotopic (exact) mass is 221 g/mol. The molecule has 82 valence electrons. The van der Waals surface area contributed by atoms with Gasteiger partial charge in [-0.05, 0) is 13.0 Å². The molecule has 0 saturated heterocycles. The maximum atomic E-state index is 10.7. The molecule has 0 radical (unpaired) electrons. The standard InChI is InChI=1S/C9H7N3O4/c1-4-6(12(15)16)3-2-5-7(4)11-8(10-5)9(13)14/h2-3H,1H3,(H,10,11)(H,13,14). The number of carbonyl (C=O) groups is 1. The predicted molar refractivity (Wildman–Crippen MR) is 54.4 cm³/mol. The van der Waals surface area contributed by atoms with Gasteiger partial charge in [-0.3, -0.25) is 10.1 Å². The molecule has 1 aromatic heterocycles. The van der Waals surface area contributed by atoms with Crippen molar-refractivity contribution in [2.24, 2.45) is 0 Å². The number of benzene rings is 1. The highest BCUT2D eigenvalue weighted by Gasteiger charge is 2.17. The number of aromatic amines is 1. The molecule has 0 bridgehead atoms. The van der Waals surface area contributed by atoms with Crippen molar-refractivity contribution in [3.8, 4) is 0 Å². The molecular weight excluding hydrogens is 214 g/mol. The van der Waals surface area contributed by atoms with E-state index in [0.717, 1.165) is 0 Å². The largest absolute Gasteiger partial charge is 0.475 e. The zero-order valence-electron chi connectivity index (χ0n) is 8.22. The lowest BCUT2D eigenvalue weighted by atomic mass is 10.1. The van der Waals surface area contributed by atoms with E-state index >= 15 is 0 Å². The fourth-order valence-electron chi connectivity index (χ4n) is 1.50. The van der Waals surface area contributed by atoms with E-state index < -0.39 is 10.9 Å². The van der Waals surface area contributed by atoms with Crippen LogP contribution < -0.4 is 0 Å². The minimum Gasteiger partial charge on any atom is -0.475 e. The third-order valence-corrected chi connectivity index (χ3v) is 2.28. The summed E-state index contributed by atoms with van der Waals surface area (Å²) in [6.45, 7) is 1.53. The molecule has 0 aliphatic carbocycles. The van der Waals surface area contributed by atoms with Crippen LogP contribution in [0.3, 0.4) is 0 Å². The second kappa shape index (κ2) is 3.30. The van der Waals surface area contributed by atoms with Crippen LogP contribution in [0.2, 0.25) is 0 Å². The summed E-state index contributed by atoms with van der Waals surface area (Å²) in [5.74, 6) is -1.42. The van der Waals surface area contributed by atoms with Crippen molar-refractivity contribution in [2.75, 3.05) is 0 Å². The molecule has 0 amide bonds. The molecule has 2 N–H and O–H groups in total.